The summed E-state index contributed by atoms with van der Waals surface area (Å²) in [5, 5.41) is 1.32. The Balaban J connectivity index is 0.000000170. The number of hydrogen-bond acceptors (Lipinski definition) is 3. The van der Waals surface area contributed by atoms with Gasteiger partial charge in [-0.1, -0.05) is 25.1 Å². The number of halogens is 3. The number of ether oxygens (including phenoxy) is 1. The Morgan fingerprint density at radius 2 is 1.81 bits per heavy atom. The second-order valence-electron chi connectivity index (χ2n) is 11.0. The van der Waals surface area contributed by atoms with Gasteiger partial charge in [0.15, 0.2) is 0 Å². The molecule has 3 heterocycles. The molecule has 0 unspecified atom stereocenters. The van der Waals surface area contributed by atoms with E-state index in [2.05, 4.69) is 52.9 Å². The Labute approximate surface area is 212 Å². The van der Waals surface area contributed by atoms with E-state index in [-0.39, 0.29) is 5.75 Å². The minimum Gasteiger partial charge on any atom is -0.492 e. The highest BCUT2D eigenvalue weighted by Gasteiger charge is 2.30. The Morgan fingerprint density at radius 3 is 2.47 bits per heavy atom. The van der Waals surface area contributed by atoms with Gasteiger partial charge in [0.1, 0.15) is 29.7 Å². The number of H-pyrrole nitrogens is 1. The lowest BCUT2D eigenvalue weighted by Crippen LogP contribution is -2.44. The summed E-state index contributed by atoms with van der Waals surface area (Å²) in [5.74, 6) is -0.207. The van der Waals surface area contributed by atoms with Gasteiger partial charge in [0, 0.05) is 67.0 Å². The Morgan fingerprint density at radius 1 is 1.08 bits per heavy atom. The van der Waals surface area contributed by atoms with Crippen LogP contribution < -0.4 is 4.74 Å². The number of hydrogen-bond donors (Lipinski definition) is 1. The minimum absolute atomic E-state index is 0.259. The molecule has 2 aromatic carbocycles. The Bertz CT molecular complexity index is 1140. The first-order valence-corrected chi connectivity index (χ1v) is 12.9. The largest absolute Gasteiger partial charge is 0.492 e. The normalized spacial score (nSPS) is 20.8. The summed E-state index contributed by atoms with van der Waals surface area (Å²) in [5.41, 5.74) is 2.72. The van der Waals surface area contributed by atoms with Crippen molar-refractivity contribution >= 4 is 10.9 Å². The van der Waals surface area contributed by atoms with Crippen LogP contribution in [0.5, 0.6) is 5.75 Å². The molecule has 2 aliphatic heterocycles. The molecule has 0 bridgehead atoms. The van der Waals surface area contributed by atoms with Crippen LogP contribution in [0.25, 0.3) is 10.9 Å². The number of benzene rings is 2. The summed E-state index contributed by atoms with van der Waals surface area (Å²) in [7, 11) is 0. The second kappa shape index (κ2) is 11.3. The maximum absolute atomic E-state index is 13.9. The molecule has 1 N–H and O–H groups in total. The third kappa shape index (κ3) is 7.04. The van der Waals surface area contributed by atoms with E-state index < -0.39 is 17.3 Å². The third-order valence-corrected chi connectivity index (χ3v) is 6.99. The quantitative estimate of drug-likeness (QED) is 0.427. The average Bonchev–Trinajstić information content (AvgIpc) is 3.35. The van der Waals surface area contributed by atoms with Crippen molar-refractivity contribution in [2.45, 2.75) is 58.8 Å². The highest BCUT2D eigenvalue weighted by molar-refractivity contribution is 5.84. The predicted molar refractivity (Wildman–Crippen MR) is 139 cm³/mol. The fourth-order valence-electron chi connectivity index (χ4n) is 5.24. The summed E-state index contributed by atoms with van der Waals surface area (Å²) in [6.07, 6.45) is 2.21. The summed E-state index contributed by atoms with van der Waals surface area (Å²) < 4.78 is 45.0. The molecule has 4 nitrogen and oxygen atoms in total. The Hall–Kier alpha value is -2.51. The van der Waals surface area contributed by atoms with Crippen LogP contribution >= 0.6 is 0 Å². The van der Waals surface area contributed by atoms with Crippen LogP contribution in [0.3, 0.4) is 0 Å². The maximum Gasteiger partial charge on any atom is 0.129 e. The number of rotatable bonds is 6. The minimum atomic E-state index is -1.14. The zero-order valence-electron chi connectivity index (χ0n) is 21.8. The first-order valence-electron chi connectivity index (χ1n) is 12.9. The molecule has 0 saturated carbocycles. The predicted octanol–water partition coefficient (Wildman–Crippen LogP) is 6.35. The first kappa shape index (κ1) is 26.6. The molecule has 36 heavy (non-hydrogen) atoms. The van der Waals surface area contributed by atoms with Gasteiger partial charge in [-0.2, -0.15) is 0 Å². The number of likely N-dealkylation sites (tertiary alicyclic amines) is 1. The standard InChI is InChI=1S/C16H21FN2.C13H17F2NO/c1-11-8-13-12-6-4-5-7-14(12)18-15(13)9-19(11)10-16(2,3)17;1-10-2-3-16(9-10)4-5-17-13-7-11(14)6-12(15)8-13/h4-7,11,18H,8-10H2,1-3H3;6-8,10H,2-5,9H2,1H3/t11-;10-/m10/s1. The van der Waals surface area contributed by atoms with Gasteiger partial charge in [0.2, 0.25) is 0 Å². The van der Waals surface area contributed by atoms with Crippen LogP contribution in [-0.2, 0) is 13.0 Å². The number of fused-ring (bicyclic) bond motifs is 3. The molecule has 1 fully saturated rings. The monoisotopic (exact) mass is 501 g/mol. The lowest BCUT2D eigenvalue weighted by molar-refractivity contribution is 0.0853. The van der Waals surface area contributed by atoms with Crippen LogP contribution in [0, 0.1) is 17.6 Å². The zero-order chi connectivity index (χ0) is 25.9. The number of aromatic amines is 1. The fourth-order valence-corrected chi connectivity index (χ4v) is 5.24. The maximum atomic E-state index is 13.9. The molecule has 2 aliphatic rings. The van der Waals surface area contributed by atoms with Crippen molar-refractivity contribution in [3.05, 3.63) is 65.4 Å². The van der Waals surface area contributed by atoms with Crippen molar-refractivity contribution in [2.24, 2.45) is 5.92 Å². The molecule has 1 aromatic heterocycles. The van der Waals surface area contributed by atoms with Gasteiger partial charge in [-0.05, 0) is 57.7 Å². The summed E-state index contributed by atoms with van der Waals surface area (Å²) in [4.78, 5) is 8.03. The van der Waals surface area contributed by atoms with Gasteiger partial charge >= 0.3 is 0 Å². The summed E-state index contributed by atoms with van der Waals surface area (Å²) in [6.45, 7) is 12.5. The first-order chi connectivity index (χ1) is 17.1. The van der Waals surface area contributed by atoms with Gasteiger partial charge in [-0.15, -0.1) is 0 Å². The number of alkyl halides is 1. The molecule has 7 heteroatoms. The van der Waals surface area contributed by atoms with E-state index >= 15 is 0 Å². The van der Waals surface area contributed by atoms with Crippen molar-refractivity contribution in [2.75, 3.05) is 32.8 Å². The lowest BCUT2D eigenvalue weighted by Gasteiger charge is -2.36. The van der Waals surface area contributed by atoms with Gasteiger partial charge < -0.3 is 9.72 Å². The SMILES string of the molecule is C[C@@H]1Cc2c([nH]c3ccccc23)CN1CC(C)(C)F.C[C@H]1CCN(CCOc2cc(F)cc(F)c2)C1. The highest BCUT2D eigenvalue weighted by atomic mass is 19.1. The van der Waals surface area contributed by atoms with Crippen molar-refractivity contribution in [1.82, 2.24) is 14.8 Å². The smallest absolute Gasteiger partial charge is 0.129 e. The molecule has 2 atom stereocenters. The summed E-state index contributed by atoms with van der Waals surface area (Å²) in [6, 6.07) is 12.1. The van der Waals surface area contributed by atoms with E-state index in [1.165, 1.54) is 40.7 Å². The van der Waals surface area contributed by atoms with E-state index in [9.17, 15) is 13.2 Å². The number of aromatic nitrogens is 1. The van der Waals surface area contributed by atoms with Crippen molar-refractivity contribution in [3.63, 3.8) is 0 Å². The van der Waals surface area contributed by atoms with Gasteiger partial charge in [-0.3, -0.25) is 9.80 Å². The van der Waals surface area contributed by atoms with Gasteiger partial charge in [0.25, 0.3) is 0 Å². The van der Waals surface area contributed by atoms with Crippen LogP contribution in [0.15, 0.2) is 42.5 Å². The number of nitrogens with one attached hydrogen (secondary N) is 1. The topological polar surface area (TPSA) is 31.5 Å². The van der Waals surface area contributed by atoms with Crippen molar-refractivity contribution in [1.29, 1.82) is 0 Å². The van der Waals surface area contributed by atoms with E-state index in [1.54, 1.807) is 13.8 Å². The van der Waals surface area contributed by atoms with E-state index in [0.717, 1.165) is 44.6 Å². The van der Waals surface area contributed by atoms with Crippen molar-refractivity contribution < 1.29 is 17.9 Å². The van der Waals surface area contributed by atoms with Crippen LogP contribution in [0.1, 0.15) is 45.4 Å². The molecule has 3 aromatic rings. The highest BCUT2D eigenvalue weighted by Crippen LogP contribution is 2.31. The molecule has 1 saturated heterocycles. The average molecular weight is 502 g/mol. The fraction of sp³-hybridized carbons (Fsp3) is 0.517. The lowest BCUT2D eigenvalue weighted by atomic mass is 9.96. The van der Waals surface area contributed by atoms with E-state index in [0.29, 0.717) is 19.2 Å². The van der Waals surface area contributed by atoms with Crippen molar-refractivity contribution in [3.8, 4) is 5.75 Å². The second-order valence-corrected chi connectivity index (χ2v) is 11.0. The van der Waals surface area contributed by atoms with Crippen LogP contribution in [0.2, 0.25) is 0 Å². The number of para-hydroxylation sites is 1. The van der Waals surface area contributed by atoms with E-state index in [1.807, 2.05) is 0 Å². The molecular formula is C29H38F3N3O. The zero-order valence-corrected chi connectivity index (χ0v) is 21.8. The molecule has 0 spiro atoms. The molecular weight excluding hydrogens is 463 g/mol. The Kier molecular flexibility index (Phi) is 8.30. The molecule has 196 valence electrons. The molecule has 0 amide bonds. The molecule has 0 aliphatic carbocycles. The summed E-state index contributed by atoms with van der Waals surface area (Å²) >= 11 is 0. The van der Waals surface area contributed by atoms with Gasteiger partial charge in [-0.25, -0.2) is 13.2 Å². The van der Waals surface area contributed by atoms with Crippen LogP contribution in [-0.4, -0.2) is 59.3 Å². The third-order valence-electron chi connectivity index (χ3n) is 6.99. The molecule has 0 radical (unpaired) electrons. The number of nitrogens with zero attached hydrogens (tertiary/aromatic N) is 2. The van der Waals surface area contributed by atoms with Crippen LogP contribution in [0.4, 0.5) is 13.2 Å². The van der Waals surface area contributed by atoms with Gasteiger partial charge in [0.05, 0.1) is 0 Å². The molecule has 5 rings (SSSR count). The van der Waals surface area contributed by atoms with E-state index in [4.69, 9.17) is 4.74 Å².